The van der Waals surface area contributed by atoms with Crippen LogP contribution in [0, 0.1) is 133 Å². The minimum atomic E-state index is -6.26. The molecule has 0 aromatic heterocycles. The van der Waals surface area contributed by atoms with E-state index in [1.165, 1.54) is 64.2 Å². The molecule has 0 amide bonds. The summed E-state index contributed by atoms with van der Waals surface area (Å²) in [5.41, 5.74) is -16.7. The number of halogens is 16. The van der Waals surface area contributed by atoms with E-state index in [1.54, 1.807) is 0 Å². The molecule has 2 aliphatic carbocycles. The molecule has 0 spiro atoms. The SMILES string of the molecule is CC(C)C1([NH2+]C2(C(C)C)CCCCC2)CCCCC1.Cc1c(F)c(F)c(F)c([B-](c2c(F)c(C)c(F)c(F)c2F)(c2c(F)c(C)c(F)c(F)c2F)c2c(F)c(C)c(F)c(F)c2F)c1F. The molecular formula is C46H48BF16N. The van der Waals surface area contributed by atoms with Crippen LogP contribution in [-0.2, 0) is 0 Å². The van der Waals surface area contributed by atoms with Gasteiger partial charge in [-0.05, 0) is 53.4 Å². The van der Waals surface area contributed by atoms with Crippen LogP contribution in [0.25, 0.3) is 0 Å². The number of quaternary nitrogens is 1. The summed E-state index contributed by atoms with van der Waals surface area (Å²) in [7, 11) is 0. The second kappa shape index (κ2) is 18.6. The van der Waals surface area contributed by atoms with Crippen molar-refractivity contribution >= 4 is 28.0 Å². The first-order valence-electron chi connectivity index (χ1n) is 21.1. The third kappa shape index (κ3) is 7.88. The molecule has 6 rings (SSSR count). The van der Waals surface area contributed by atoms with E-state index in [4.69, 9.17) is 0 Å². The molecule has 0 atom stereocenters. The van der Waals surface area contributed by atoms with Crippen LogP contribution in [0.15, 0.2) is 0 Å². The van der Waals surface area contributed by atoms with Gasteiger partial charge >= 0.3 is 0 Å². The van der Waals surface area contributed by atoms with Crippen LogP contribution >= 0.6 is 0 Å². The van der Waals surface area contributed by atoms with Gasteiger partial charge in [0, 0.05) is 59.8 Å². The molecule has 0 bridgehead atoms. The monoisotopic (exact) mass is 929 g/mol. The maximum Gasteiger partial charge on any atom is 0.191 e. The molecule has 2 N–H and O–H groups in total. The van der Waals surface area contributed by atoms with Gasteiger partial charge in [-0.1, -0.05) is 40.5 Å². The molecular weight excluding hydrogens is 881 g/mol. The Hall–Kier alpha value is -4.22. The van der Waals surface area contributed by atoms with Gasteiger partial charge in [0.1, 0.15) is 29.4 Å². The van der Waals surface area contributed by atoms with Crippen LogP contribution in [0.1, 0.15) is 114 Å². The van der Waals surface area contributed by atoms with Crippen LogP contribution in [0.4, 0.5) is 70.2 Å². The lowest BCUT2D eigenvalue weighted by atomic mass is 9.12. The van der Waals surface area contributed by atoms with Crippen molar-refractivity contribution in [3.8, 4) is 0 Å². The fourth-order valence-corrected chi connectivity index (χ4v) is 10.3. The average Bonchev–Trinajstić information content (AvgIpc) is 3.27. The zero-order chi connectivity index (χ0) is 48.3. The van der Waals surface area contributed by atoms with Crippen molar-refractivity contribution in [1.29, 1.82) is 0 Å². The van der Waals surface area contributed by atoms with E-state index in [-0.39, 0.29) is 27.7 Å². The molecule has 0 saturated heterocycles. The van der Waals surface area contributed by atoms with Crippen molar-refractivity contribution in [2.75, 3.05) is 0 Å². The summed E-state index contributed by atoms with van der Waals surface area (Å²) < 4.78 is 245. The molecule has 1 nitrogen and oxygen atoms in total. The summed E-state index contributed by atoms with van der Waals surface area (Å²) >= 11 is 0. The second-order valence-electron chi connectivity index (χ2n) is 18.1. The molecule has 2 saturated carbocycles. The Labute approximate surface area is 360 Å². The first kappa shape index (κ1) is 50.8. The van der Waals surface area contributed by atoms with Crippen LogP contribution in [0.5, 0.6) is 0 Å². The van der Waals surface area contributed by atoms with E-state index in [9.17, 15) is 35.1 Å². The summed E-state index contributed by atoms with van der Waals surface area (Å²) in [6.45, 7) is 10.9. The number of hydrogen-bond donors (Lipinski definition) is 1. The number of hydrogen-bond acceptors (Lipinski definition) is 0. The van der Waals surface area contributed by atoms with Gasteiger partial charge in [-0.2, -0.15) is 0 Å². The fraction of sp³-hybridized carbons (Fsp3) is 0.478. The molecule has 352 valence electrons. The highest BCUT2D eigenvalue weighted by atomic mass is 19.2. The second-order valence-corrected chi connectivity index (χ2v) is 18.1. The molecule has 0 unspecified atom stereocenters. The molecule has 2 aliphatic rings. The van der Waals surface area contributed by atoms with Gasteiger partial charge < -0.3 is 5.32 Å². The van der Waals surface area contributed by atoms with Crippen molar-refractivity contribution < 1.29 is 75.6 Å². The topological polar surface area (TPSA) is 16.6 Å². The normalized spacial score (nSPS) is 16.4. The van der Waals surface area contributed by atoms with E-state index in [0.29, 0.717) is 11.1 Å². The fourth-order valence-electron chi connectivity index (χ4n) is 10.3. The summed E-state index contributed by atoms with van der Waals surface area (Å²) in [5.74, 6) is -42.9. The van der Waals surface area contributed by atoms with E-state index in [2.05, 4.69) is 33.0 Å². The van der Waals surface area contributed by atoms with E-state index >= 15 is 35.1 Å². The highest BCUT2D eigenvalue weighted by Crippen LogP contribution is 2.37. The maximum atomic E-state index is 16.0. The van der Waals surface area contributed by atoms with Gasteiger partial charge in [0.25, 0.3) is 0 Å². The quantitative estimate of drug-likeness (QED) is 0.0785. The Morgan fingerprint density at radius 3 is 0.703 bits per heavy atom. The molecule has 4 aromatic carbocycles. The minimum Gasteiger partial charge on any atom is -0.336 e. The summed E-state index contributed by atoms with van der Waals surface area (Å²) in [6.07, 6.45) is 8.36. The smallest absolute Gasteiger partial charge is 0.191 e. The van der Waals surface area contributed by atoms with Crippen LogP contribution in [0.3, 0.4) is 0 Å². The molecule has 18 heteroatoms. The van der Waals surface area contributed by atoms with Gasteiger partial charge in [0.2, 0.25) is 0 Å². The van der Waals surface area contributed by atoms with Gasteiger partial charge in [0.05, 0.1) is 34.3 Å². The standard InChI is InChI=1S/C28H12BF16.C18H35N/c1-5-13(30)9(21(38)25(42)17(5)34)29(10-14(31)6(2)18(35)26(43)22(10)39,11-15(32)7(3)19(36)27(44)23(11)40)12-16(33)8(4)20(37)28(45)24(12)41;1-15(2)17(11-7-5-8-12-17)19-18(16(3)4)13-9-6-10-14-18/h1-4H3;15-16,19H,5-14H2,1-4H3/q-1;/p+1. The molecule has 64 heavy (non-hydrogen) atoms. The van der Waals surface area contributed by atoms with E-state index < -0.39 is 143 Å². The lowest BCUT2D eigenvalue weighted by molar-refractivity contribution is -0.806. The number of benzene rings is 4. The third-order valence-corrected chi connectivity index (χ3v) is 14.2. The highest BCUT2D eigenvalue weighted by molar-refractivity contribution is 7.20. The first-order valence-corrected chi connectivity index (χ1v) is 21.1. The highest BCUT2D eigenvalue weighted by Gasteiger charge is 2.52. The van der Waals surface area contributed by atoms with Gasteiger partial charge in [-0.25, -0.2) is 70.2 Å². The van der Waals surface area contributed by atoms with Crippen molar-refractivity contribution in [1.82, 2.24) is 0 Å². The molecule has 4 aromatic rings. The van der Waals surface area contributed by atoms with Crippen molar-refractivity contribution in [3.63, 3.8) is 0 Å². The van der Waals surface area contributed by atoms with Crippen LogP contribution < -0.4 is 27.2 Å². The number of rotatable bonds is 8. The summed E-state index contributed by atoms with van der Waals surface area (Å²) in [5, 5.41) is 2.91. The van der Waals surface area contributed by atoms with Crippen LogP contribution in [0.2, 0.25) is 0 Å². The van der Waals surface area contributed by atoms with E-state index in [0.717, 1.165) is 11.8 Å². The lowest BCUT2D eigenvalue weighted by Gasteiger charge is -2.49. The van der Waals surface area contributed by atoms with Crippen molar-refractivity contribution in [2.45, 2.75) is 131 Å². The summed E-state index contributed by atoms with van der Waals surface area (Å²) in [4.78, 5) is 0. The Balaban J connectivity index is 0.000000337. The summed E-state index contributed by atoms with van der Waals surface area (Å²) in [6, 6.07) is 0. The molecule has 0 heterocycles. The lowest BCUT2D eigenvalue weighted by Crippen LogP contribution is -3.08. The average molecular weight is 930 g/mol. The van der Waals surface area contributed by atoms with Gasteiger partial charge in [-0.15, -0.1) is 21.9 Å². The van der Waals surface area contributed by atoms with E-state index in [1.807, 2.05) is 0 Å². The largest absolute Gasteiger partial charge is 0.336 e. The van der Waals surface area contributed by atoms with Gasteiger partial charge in [-0.3, -0.25) is 0 Å². The zero-order valence-electron chi connectivity index (χ0n) is 36.4. The maximum absolute atomic E-state index is 16.0. The Morgan fingerprint density at radius 2 is 0.516 bits per heavy atom. The zero-order valence-corrected chi connectivity index (χ0v) is 36.4. The predicted octanol–water partition coefficient (Wildman–Crippen LogP) is 10.8. The minimum absolute atomic E-state index is 0.243. The van der Waals surface area contributed by atoms with Crippen molar-refractivity contribution in [2.24, 2.45) is 11.8 Å². The predicted molar refractivity (Wildman–Crippen MR) is 212 cm³/mol. The van der Waals surface area contributed by atoms with Crippen LogP contribution in [-0.4, -0.2) is 17.2 Å². The third-order valence-electron chi connectivity index (χ3n) is 14.2. The Kier molecular flexibility index (Phi) is 14.7. The number of nitrogens with two attached hydrogens (primary N) is 1. The van der Waals surface area contributed by atoms with Crippen molar-refractivity contribution in [3.05, 3.63) is 115 Å². The first-order chi connectivity index (χ1) is 29.7. The Morgan fingerprint density at radius 1 is 0.312 bits per heavy atom. The molecule has 0 aliphatic heterocycles. The Bertz CT molecular complexity index is 2040. The van der Waals surface area contributed by atoms with Gasteiger partial charge in [0.15, 0.2) is 46.5 Å². The molecule has 0 radical (unpaired) electrons. The molecule has 2 fully saturated rings.